The smallest absolute Gasteiger partial charge is 0.399 e. The van der Waals surface area contributed by atoms with Crippen LogP contribution in [0.25, 0.3) is 11.4 Å². The van der Waals surface area contributed by atoms with Crippen LogP contribution >= 0.6 is 0 Å². The minimum absolute atomic E-state index is 0.0319. The van der Waals surface area contributed by atoms with Crippen molar-refractivity contribution in [2.45, 2.75) is 19.6 Å². The van der Waals surface area contributed by atoms with Crippen molar-refractivity contribution < 1.29 is 13.2 Å². The minimum Gasteiger partial charge on any atom is -0.399 e. The molecular formula is C17H15F3N4. The monoisotopic (exact) mass is 332 g/mol. The summed E-state index contributed by atoms with van der Waals surface area (Å²) in [5.41, 5.74) is 8.37. The quantitative estimate of drug-likeness (QED) is 0.740. The highest BCUT2D eigenvalue weighted by Gasteiger charge is 2.38. The zero-order valence-electron chi connectivity index (χ0n) is 12.9. The normalized spacial score (nSPS) is 11.7. The van der Waals surface area contributed by atoms with Crippen LogP contribution in [-0.4, -0.2) is 14.8 Å². The number of benzene rings is 2. The maximum absolute atomic E-state index is 13.3. The number of rotatable bonds is 3. The molecule has 0 aliphatic carbocycles. The summed E-state index contributed by atoms with van der Waals surface area (Å²) in [6.07, 6.45) is -4.58. The number of aryl methyl sites for hydroxylation is 1. The summed E-state index contributed by atoms with van der Waals surface area (Å²) in [6.45, 7) is 1.77. The Bertz CT molecular complexity index is 854. The molecule has 2 aromatic carbocycles. The Hall–Kier alpha value is -2.83. The molecule has 0 bridgehead atoms. The number of anilines is 1. The molecule has 124 valence electrons. The predicted octanol–water partition coefficient (Wildman–Crippen LogP) is 3.90. The molecule has 2 N–H and O–H groups in total. The van der Waals surface area contributed by atoms with Gasteiger partial charge >= 0.3 is 6.18 Å². The van der Waals surface area contributed by atoms with Gasteiger partial charge in [-0.1, -0.05) is 42.5 Å². The summed E-state index contributed by atoms with van der Waals surface area (Å²) in [7, 11) is 0. The first-order valence-corrected chi connectivity index (χ1v) is 7.27. The summed E-state index contributed by atoms with van der Waals surface area (Å²) in [5.74, 6) is -0.967. The van der Waals surface area contributed by atoms with Crippen LogP contribution in [0.15, 0.2) is 48.5 Å². The lowest BCUT2D eigenvalue weighted by atomic mass is 10.1. The van der Waals surface area contributed by atoms with Gasteiger partial charge in [0.25, 0.3) is 0 Å². The molecule has 0 spiro atoms. The molecule has 0 aliphatic heterocycles. The number of alkyl halides is 3. The number of hydrogen-bond acceptors (Lipinski definition) is 3. The molecular weight excluding hydrogens is 317 g/mol. The van der Waals surface area contributed by atoms with Gasteiger partial charge in [-0.3, -0.25) is 0 Å². The van der Waals surface area contributed by atoms with Gasteiger partial charge in [0.05, 0.1) is 6.54 Å². The Morgan fingerprint density at radius 3 is 2.42 bits per heavy atom. The fourth-order valence-electron chi connectivity index (χ4n) is 2.38. The highest BCUT2D eigenvalue weighted by atomic mass is 19.4. The lowest BCUT2D eigenvalue weighted by Crippen LogP contribution is -2.16. The Kier molecular flexibility index (Phi) is 4.01. The van der Waals surface area contributed by atoms with Crippen molar-refractivity contribution in [3.05, 3.63) is 65.5 Å². The number of nitrogens with zero attached hydrogens (tertiary/aromatic N) is 3. The summed E-state index contributed by atoms with van der Waals surface area (Å²) < 4.78 is 40.7. The molecule has 1 heterocycles. The standard InChI is InChI=1S/C17H15F3N4/c1-11-9-12(7-8-14(11)21)10-24-16(17(18,19)20)22-15(23-24)13-5-3-2-4-6-13/h2-9H,10,21H2,1H3. The van der Waals surface area contributed by atoms with E-state index in [-0.39, 0.29) is 12.4 Å². The van der Waals surface area contributed by atoms with Crippen LogP contribution < -0.4 is 5.73 Å². The first-order valence-electron chi connectivity index (χ1n) is 7.27. The molecule has 0 atom stereocenters. The summed E-state index contributed by atoms with van der Waals surface area (Å²) in [5, 5.41) is 4.05. The topological polar surface area (TPSA) is 56.7 Å². The number of hydrogen-bond donors (Lipinski definition) is 1. The molecule has 7 heteroatoms. The lowest BCUT2D eigenvalue weighted by Gasteiger charge is -2.09. The van der Waals surface area contributed by atoms with Gasteiger partial charge in [0.15, 0.2) is 5.82 Å². The van der Waals surface area contributed by atoms with Gasteiger partial charge in [-0.15, -0.1) is 0 Å². The molecule has 1 aromatic heterocycles. The maximum atomic E-state index is 13.3. The van der Waals surface area contributed by atoms with Gasteiger partial charge in [-0.05, 0) is 24.1 Å². The fourth-order valence-corrected chi connectivity index (χ4v) is 2.38. The molecule has 3 aromatic rings. The zero-order chi connectivity index (χ0) is 17.3. The zero-order valence-corrected chi connectivity index (χ0v) is 12.9. The third kappa shape index (κ3) is 3.24. The van der Waals surface area contributed by atoms with E-state index in [0.717, 1.165) is 10.2 Å². The Labute approximate surface area is 136 Å². The van der Waals surface area contributed by atoms with Crippen molar-refractivity contribution in [1.82, 2.24) is 14.8 Å². The first kappa shape index (κ1) is 16.0. The molecule has 0 amide bonds. The predicted molar refractivity (Wildman–Crippen MR) is 85.2 cm³/mol. The van der Waals surface area contributed by atoms with Crippen molar-refractivity contribution >= 4 is 5.69 Å². The van der Waals surface area contributed by atoms with E-state index in [1.165, 1.54) is 0 Å². The van der Waals surface area contributed by atoms with Gasteiger partial charge < -0.3 is 5.73 Å². The van der Waals surface area contributed by atoms with Gasteiger partial charge in [0.2, 0.25) is 5.82 Å². The summed E-state index contributed by atoms with van der Waals surface area (Å²) in [4.78, 5) is 3.69. The summed E-state index contributed by atoms with van der Waals surface area (Å²) >= 11 is 0. The fraction of sp³-hybridized carbons (Fsp3) is 0.176. The van der Waals surface area contributed by atoms with E-state index in [1.807, 2.05) is 0 Å². The molecule has 0 saturated carbocycles. The third-order valence-electron chi connectivity index (χ3n) is 3.62. The average Bonchev–Trinajstić information content (AvgIpc) is 2.96. The van der Waals surface area contributed by atoms with E-state index in [0.29, 0.717) is 16.8 Å². The molecule has 0 fully saturated rings. The molecule has 0 unspecified atom stereocenters. The van der Waals surface area contributed by atoms with Crippen LogP contribution in [0, 0.1) is 6.92 Å². The highest BCUT2D eigenvalue weighted by Crippen LogP contribution is 2.30. The third-order valence-corrected chi connectivity index (χ3v) is 3.62. The van der Waals surface area contributed by atoms with Crippen molar-refractivity contribution in [2.75, 3.05) is 5.73 Å². The van der Waals surface area contributed by atoms with Crippen molar-refractivity contribution in [2.24, 2.45) is 0 Å². The van der Waals surface area contributed by atoms with Gasteiger partial charge in [0.1, 0.15) is 0 Å². The second-order valence-electron chi connectivity index (χ2n) is 5.47. The van der Waals surface area contributed by atoms with Crippen molar-refractivity contribution in [1.29, 1.82) is 0 Å². The molecule has 3 rings (SSSR count). The van der Waals surface area contributed by atoms with Crippen LogP contribution in [0.2, 0.25) is 0 Å². The van der Waals surface area contributed by atoms with Crippen LogP contribution in [0.4, 0.5) is 18.9 Å². The largest absolute Gasteiger partial charge is 0.451 e. The molecule has 0 aliphatic rings. The lowest BCUT2D eigenvalue weighted by molar-refractivity contribution is -0.147. The minimum atomic E-state index is -4.58. The average molecular weight is 332 g/mol. The Morgan fingerprint density at radius 1 is 1.08 bits per heavy atom. The van der Waals surface area contributed by atoms with Crippen LogP contribution in [0.5, 0.6) is 0 Å². The summed E-state index contributed by atoms with van der Waals surface area (Å²) in [6, 6.07) is 13.7. The van der Waals surface area contributed by atoms with E-state index >= 15 is 0 Å². The Balaban J connectivity index is 2.02. The number of nitrogen functional groups attached to an aromatic ring is 1. The van der Waals surface area contributed by atoms with Gasteiger partial charge in [-0.2, -0.15) is 18.3 Å². The number of aromatic nitrogens is 3. The second-order valence-corrected chi connectivity index (χ2v) is 5.47. The first-order chi connectivity index (χ1) is 11.3. The van der Waals surface area contributed by atoms with Crippen LogP contribution in [0.3, 0.4) is 0 Å². The molecule has 24 heavy (non-hydrogen) atoms. The molecule has 0 radical (unpaired) electrons. The number of nitrogens with two attached hydrogens (primary N) is 1. The Morgan fingerprint density at radius 2 is 1.79 bits per heavy atom. The van der Waals surface area contributed by atoms with E-state index < -0.39 is 12.0 Å². The van der Waals surface area contributed by atoms with Crippen LogP contribution in [-0.2, 0) is 12.7 Å². The van der Waals surface area contributed by atoms with E-state index in [1.54, 1.807) is 55.5 Å². The van der Waals surface area contributed by atoms with E-state index in [2.05, 4.69) is 10.1 Å². The number of halogens is 3. The van der Waals surface area contributed by atoms with Gasteiger partial charge in [0, 0.05) is 11.3 Å². The van der Waals surface area contributed by atoms with Crippen LogP contribution in [0.1, 0.15) is 17.0 Å². The second kappa shape index (κ2) is 5.99. The maximum Gasteiger partial charge on any atom is 0.451 e. The highest BCUT2D eigenvalue weighted by molar-refractivity contribution is 5.54. The molecule has 4 nitrogen and oxygen atoms in total. The SMILES string of the molecule is Cc1cc(Cn2nc(-c3ccccc3)nc2C(F)(F)F)ccc1N. The van der Waals surface area contributed by atoms with Crippen molar-refractivity contribution in [3.63, 3.8) is 0 Å². The van der Waals surface area contributed by atoms with Gasteiger partial charge in [-0.25, -0.2) is 9.67 Å². The molecule has 0 saturated heterocycles. The van der Waals surface area contributed by atoms with E-state index in [9.17, 15) is 13.2 Å². The van der Waals surface area contributed by atoms with Crippen molar-refractivity contribution in [3.8, 4) is 11.4 Å². The van der Waals surface area contributed by atoms with E-state index in [4.69, 9.17) is 5.73 Å².